The highest BCUT2D eigenvalue weighted by molar-refractivity contribution is 5.91. The van der Waals surface area contributed by atoms with Gasteiger partial charge in [0, 0.05) is 37.3 Å². The predicted octanol–water partition coefficient (Wildman–Crippen LogP) is 2.68. The fourth-order valence-electron chi connectivity index (χ4n) is 4.06. The van der Waals surface area contributed by atoms with Gasteiger partial charge in [0.25, 0.3) is 5.91 Å². The van der Waals surface area contributed by atoms with Crippen LogP contribution >= 0.6 is 0 Å². The van der Waals surface area contributed by atoms with Crippen molar-refractivity contribution in [3.63, 3.8) is 0 Å². The van der Waals surface area contributed by atoms with E-state index in [1.165, 1.54) is 0 Å². The summed E-state index contributed by atoms with van der Waals surface area (Å²) >= 11 is 0. The Hall–Kier alpha value is -3.16. The lowest BCUT2D eigenvalue weighted by molar-refractivity contribution is -0.142. The SMILES string of the molecule is CNc1cc(C)nc(C2(C)CCCN(C(=O)C(C)(C)NC(=O)COc3ccccc3)C2)n1. The van der Waals surface area contributed by atoms with E-state index in [0.717, 1.165) is 30.2 Å². The van der Waals surface area contributed by atoms with Crippen molar-refractivity contribution in [3.05, 3.63) is 47.9 Å². The number of carbonyl (C=O) groups excluding carboxylic acids is 2. The number of piperidine rings is 1. The first-order valence-corrected chi connectivity index (χ1v) is 11.0. The first-order valence-electron chi connectivity index (χ1n) is 11.0. The smallest absolute Gasteiger partial charge is 0.258 e. The van der Waals surface area contributed by atoms with Crippen LogP contribution in [0.25, 0.3) is 0 Å². The Bertz CT molecular complexity index is 963. The van der Waals surface area contributed by atoms with E-state index in [1.54, 1.807) is 26.0 Å². The average Bonchev–Trinajstić information content (AvgIpc) is 2.77. The molecule has 0 saturated carbocycles. The monoisotopic (exact) mass is 439 g/mol. The number of aromatic nitrogens is 2. The number of para-hydroxylation sites is 1. The van der Waals surface area contributed by atoms with Gasteiger partial charge in [-0.05, 0) is 45.7 Å². The summed E-state index contributed by atoms with van der Waals surface area (Å²) in [4.78, 5) is 36.9. The maximum atomic E-state index is 13.4. The number of anilines is 1. The van der Waals surface area contributed by atoms with Crippen LogP contribution in [0.4, 0.5) is 5.82 Å². The van der Waals surface area contributed by atoms with E-state index in [-0.39, 0.29) is 23.8 Å². The van der Waals surface area contributed by atoms with Crippen LogP contribution in [-0.4, -0.2) is 59.0 Å². The molecule has 172 valence electrons. The summed E-state index contributed by atoms with van der Waals surface area (Å²) in [5.41, 5.74) is -0.531. The lowest BCUT2D eigenvalue weighted by Crippen LogP contribution is -2.60. The van der Waals surface area contributed by atoms with Gasteiger partial charge in [-0.25, -0.2) is 9.97 Å². The number of nitrogens with one attached hydrogen (secondary N) is 2. The van der Waals surface area contributed by atoms with Crippen LogP contribution in [0.1, 0.15) is 45.1 Å². The van der Waals surface area contributed by atoms with Crippen molar-refractivity contribution < 1.29 is 14.3 Å². The first kappa shape index (κ1) is 23.5. The number of aryl methyl sites for hydroxylation is 1. The van der Waals surface area contributed by atoms with Gasteiger partial charge in [0.15, 0.2) is 6.61 Å². The molecule has 2 amide bonds. The van der Waals surface area contributed by atoms with Crippen LogP contribution in [0, 0.1) is 6.92 Å². The summed E-state index contributed by atoms with van der Waals surface area (Å²) in [7, 11) is 1.83. The van der Waals surface area contributed by atoms with Crippen molar-refractivity contribution in [3.8, 4) is 5.75 Å². The Balaban J connectivity index is 1.66. The highest BCUT2D eigenvalue weighted by atomic mass is 16.5. The standard InChI is InChI=1S/C24H33N5O3/c1-17-14-19(25-5)27-21(26-17)24(4)12-9-13-29(16-24)22(31)23(2,3)28-20(30)15-32-18-10-7-6-8-11-18/h6-8,10-11,14H,9,12-13,15-16H2,1-5H3,(H,28,30)(H,25,26,27). The number of likely N-dealkylation sites (tertiary alicyclic amines) is 1. The predicted molar refractivity (Wildman–Crippen MR) is 124 cm³/mol. The van der Waals surface area contributed by atoms with E-state index in [4.69, 9.17) is 4.74 Å². The van der Waals surface area contributed by atoms with Gasteiger partial charge in [0.05, 0.1) is 0 Å². The molecule has 1 aromatic heterocycles. The molecule has 0 aliphatic carbocycles. The molecule has 1 atom stereocenters. The molecule has 0 bridgehead atoms. The fraction of sp³-hybridized carbons (Fsp3) is 0.500. The van der Waals surface area contributed by atoms with Crippen LogP contribution in [0.5, 0.6) is 5.75 Å². The molecule has 1 aromatic carbocycles. The van der Waals surface area contributed by atoms with Gasteiger partial charge in [-0.15, -0.1) is 0 Å². The van der Waals surface area contributed by atoms with Gasteiger partial charge in [-0.3, -0.25) is 9.59 Å². The Morgan fingerprint density at radius 3 is 2.62 bits per heavy atom. The molecule has 0 spiro atoms. The first-order chi connectivity index (χ1) is 15.1. The van der Waals surface area contributed by atoms with Crippen molar-refractivity contribution in [1.82, 2.24) is 20.2 Å². The van der Waals surface area contributed by atoms with E-state index in [9.17, 15) is 9.59 Å². The van der Waals surface area contributed by atoms with E-state index < -0.39 is 5.54 Å². The van der Waals surface area contributed by atoms with Crippen LogP contribution in [0.2, 0.25) is 0 Å². The number of ether oxygens (including phenoxy) is 1. The molecule has 1 saturated heterocycles. The number of hydrogen-bond acceptors (Lipinski definition) is 6. The normalized spacial score (nSPS) is 18.7. The largest absolute Gasteiger partial charge is 0.484 e. The summed E-state index contributed by atoms with van der Waals surface area (Å²) < 4.78 is 5.50. The molecule has 2 N–H and O–H groups in total. The molecule has 1 aliphatic heterocycles. The summed E-state index contributed by atoms with van der Waals surface area (Å²) in [5.74, 6) is 1.64. The minimum absolute atomic E-state index is 0.127. The number of carbonyl (C=O) groups is 2. The number of amides is 2. The minimum atomic E-state index is -1.06. The van der Waals surface area contributed by atoms with E-state index >= 15 is 0 Å². The fourth-order valence-corrected chi connectivity index (χ4v) is 4.06. The van der Waals surface area contributed by atoms with Gasteiger partial charge < -0.3 is 20.3 Å². The molecule has 32 heavy (non-hydrogen) atoms. The third-order valence-corrected chi connectivity index (χ3v) is 5.73. The summed E-state index contributed by atoms with van der Waals surface area (Å²) in [6.45, 7) is 8.48. The third kappa shape index (κ3) is 5.55. The topological polar surface area (TPSA) is 96.5 Å². The van der Waals surface area contributed by atoms with E-state index in [0.29, 0.717) is 18.8 Å². The summed E-state index contributed by atoms with van der Waals surface area (Å²) in [5, 5.41) is 5.90. The maximum absolute atomic E-state index is 13.4. The number of benzene rings is 1. The van der Waals surface area contributed by atoms with Crippen molar-refractivity contribution in [1.29, 1.82) is 0 Å². The zero-order valence-electron chi connectivity index (χ0n) is 19.6. The second-order valence-corrected chi connectivity index (χ2v) is 9.13. The second kappa shape index (κ2) is 9.54. The van der Waals surface area contributed by atoms with Crippen LogP contribution < -0.4 is 15.4 Å². The molecule has 2 heterocycles. The number of hydrogen-bond donors (Lipinski definition) is 2. The average molecular weight is 440 g/mol. The number of rotatable bonds is 7. The van der Waals surface area contributed by atoms with Crippen LogP contribution in [-0.2, 0) is 15.0 Å². The van der Waals surface area contributed by atoms with Crippen molar-refractivity contribution >= 4 is 17.6 Å². The summed E-state index contributed by atoms with van der Waals surface area (Å²) in [6, 6.07) is 11.0. The molecule has 1 aliphatic rings. The van der Waals surface area contributed by atoms with E-state index in [1.807, 2.05) is 43.1 Å². The molecule has 1 unspecified atom stereocenters. The van der Waals surface area contributed by atoms with Gasteiger partial charge in [-0.2, -0.15) is 0 Å². The molecule has 8 heteroatoms. The van der Waals surface area contributed by atoms with Gasteiger partial charge in [-0.1, -0.05) is 25.1 Å². The Kier molecular flexibility index (Phi) is 7.01. The van der Waals surface area contributed by atoms with Gasteiger partial charge >= 0.3 is 0 Å². The maximum Gasteiger partial charge on any atom is 0.258 e. The van der Waals surface area contributed by atoms with Crippen molar-refractivity contribution in [2.24, 2.45) is 0 Å². The minimum Gasteiger partial charge on any atom is -0.484 e. The van der Waals surface area contributed by atoms with Crippen molar-refractivity contribution in [2.45, 2.75) is 51.5 Å². The highest BCUT2D eigenvalue weighted by Gasteiger charge is 2.41. The summed E-state index contributed by atoms with van der Waals surface area (Å²) in [6.07, 6.45) is 1.73. The molecule has 8 nitrogen and oxygen atoms in total. The number of nitrogens with zero attached hydrogens (tertiary/aromatic N) is 3. The molecule has 2 aromatic rings. The second-order valence-electron chi connectivity index (χ2n) is 9.13. The Morgan fingerprint density at radius 1 is 1.22 bits per heavy atom. The van der Waals surface area contributed by atoms with Gasteiger partial charge in [0.1, 0.15) is 22.9 Å². The zero-order valence-corrected chi connectivity index (χ0v) is 19.6. The van der Waals surface area contributed by atoms with Crippen molar-refractivity contribution in [2.75, 3.05) is 32.1 Å². The lowest BCUT2D eigenvalue weighted by Gasteiger charge is -2.42. The molecule has 0 radical (unpaired) electrons. The molecular weight excluding hydrogens is 406 g/mol. The van der Waals surface area contributed by atoms with E-state index in [2.05, 4.69) is 27.5 Å². The Morgan fingerprint density at radius 2 is 1.94 bits per heavy atom. The van der Waals surface area contributed by atoms with Crippen LogP contribution in [0.3, 0.4) is 0 Å². The zero-order chi connectivity index (χ0) is 23.4. The Labute approximate surface area is 189 Å². The third-order valence-electron chi connectivity index (χ3n) is 5.73. The molecular formula is C24H33N5O3. The lowest BCUT2D eigenvalue weighted by atomic mass is 9.80. The highest BCUT2D eigenvalue weighted by Crippen LogP contribution is 2.33. The molecule has 3 rings (SSSR count). The van der Waals surface area contributed by atoms with Gasteiger partial charge in [0.2, 0.25) is 5.91 Å². The van der Waals surface area contributed by atoms with Crippen LogP contribution in [0.15, 0.2) is 36.4 Å². The molecule has 1 fully saturated rings. The quantitative estimate of drug-likeness (QED) is 0.689.